The molecule has 0 spiro atoms. The highest BCUT2D eigenvalue weighted by Crippen LogP contribution is 2.32. The number of carbonyl (C=O) groups excluding carboxylic acids is 1. The number of nitro groups is 1. The Bertz CT molecular complexity index is 906. The number of anilines is 2. The van der Waals surface area contributed by atoms with Crippen LogP contribution in [0.1, 0.15) is 22.3 Å². The summed E-state index contributed by atoms with van der Waals surface area (Å²) in [6.07, 6.45) is 1.84. The molecule has 2 aromatic rings. The maximum Gasteiger partial charge on any atom is 0.293 e. The fourth-order valence-electron chi connectivity index (χ4n) is 4.02. The van der Waals surface area contributed by atoms with E-state index in [4.69, 9.17) is 0 Å². The zero-order chi connectivity index (χ0) is 19.7. The van der Waals surface area contributed by atoms with E-state index in [1.165, 1.54) is 6.07 Å². The Morgan fingerprint density at radius 1 is 1.00 bits per heavy atom. The van der Waals surface area contributed by atoms with Crippen LogP contribution in [0.25, 0.3) is 0 Å². The number of benzene rings is 2. The van der Waals surface area contributed by atoms with Crippen molar-refractivity contribution >= 4 is 23.0 Å². The van der Waals surface area contributed by atoms with Crippen molar-refractivity contribution in [2.45, 2.75) is 12.8 Å². The van der Waals surface area contributed by atoms with Crippen LogP contribution in [0, 0.1) is 10.1 Å². The number of amides is 1. The molecule has 1 amide bonds. The first kappa shape index (κ1) is 18.4. The van der Waals surface area contributed by atoms with Gasteiger partial charge in [0, 0.05) is 50.0 Å². The van der Waals surface area contributed by atoms with E-state index in [-0.39, 0.29) is 16.5 Å². The van der Waals surface area contributed by atoms with Gasteiger partial charge < -0.3 is 14.7 Å². The monoisotopic (exact) mass is 380 g/mol. The van der Waals surface area contributed by atoms with E-state index in [1.54, 1.807) is 17.0 Å². The number of fused-ring (bicyclic) bond motifs is 1. The maximum atomic E-state index is 13.2. The lowest BCUT2D eigenvalue weighted by Crippen LogP contribution is -2.44. The SMILES string of the molecule is CN1CCN(c2ccc(C(=O)N3CCCc4ccccc43)cc2[N+](=O)[O-])CC1. The number of aryl methyl sites for hydroxylation is 1. The normalized spacial score (nSPS) is 17.3. The van der Waals surface area contributed by atoms with Gasteiger partial charge in [-0.25, -0.2) is 0 Å². The van der Waals surface area contributed by atoms with Crippen LogP contribution < -0.4 is 9.80 Å². The molecule has 0 N–H and O–H groups in total. The smallest absolute Gasteiger partial charge is 0.293 e. The Morgan fingerprint density at radius 3 is 2.50 bits per heavy atom. The molecule has 1 fully saturated rings. The summed E-state index contributed by atoms with van der Waals surface area (Å²) in [5.74, 6) is -0.180. The summed E-state index contributed by atoms with van der Waals surface area (Å²) < 4.78 is 0. The molecule has 1 saturated heterocycles. The number of hydrogen-bond acceptors (Lipinski definition) is 5. The minimum atomic E-state index is -0.380. The van der Waals surface area contributed by atoms with Crippen molar-refractivity contribution in [3.8, 4) is 0 Å². The molecule has 2 aliphatic heterocycles. The predicted octanol–water partition coefficient (Wildman–Crippen LogP) is 2.94. The van der Waals surface area contributed by atoms with Crippen molar-refractivity contribution in [3.63, 3.8) is 0 Å². The Labute approximate surface area is 164 Å². The highest BCUT2D eigenvalue weighted by Gasteiger charge is 2.27. The summed E-state index contributed by atoms with van der Waals surface area (Å²) in [4.78, 5) is 30.5. The molecule has 0 aliphatic carbocycles. The second kappa shape index (κ2) is 7.59. The molecule has 7 nitrogen and oxygen atoms in total. The van der Waals surface area contributed by atoms with Crippen LogP contribution in [-0.2, 0) is 6.42 Å². The Hall–Kier alpha value is -2.93. The maximum absolute atomic E-state index is 13.2. The standard InChI is InChI=1S/C21H24N4O3/c1-22-11-13-23(14-12-22)19-9-8-17(15-20(19)25(27)28)21(26)24-10-4-6-16-5-2-3-7-18(16)24/h2-3,5,7-9,15H,4,6,10-14H2,1H3. The molecule has 7 heteroatoms. The van der Waals surface area contributed by atoms with Crippen LogP contribution in [0.2, 0.25) is 0 Å². The van der Waals surface area contributed by atoms with Gasteiger partial charge in [0.25, 0.3) is 11.6 Å². The Kier molecular flexibility index (Phi) is 5.00. The summed E-state index contributed by atoms with van der Waals surface area (Å²) in [6.45, 7) is 3.84. The lowest BCUT2D eigenvalue weighted by atomic mass is 10.0. The number of likely N-dealkylation sites (N-methyl/N-ethyl adjacent to an activating group) is 1. The van der Waals surface area contributed by atoms with Crippen molar-refractivity contribution in [2.24, 2.45) is 0 Å². The predicted molar refractivity (Wildman–Crippen MR) is 109 cm³/mol. The number of nitro benzene ring substituents is 1. The number of piperazine rings is 1. The van der Waals surface area contributed by atoms with Gasteiger partial charge in [0.1, 0.15) is 5.69 Å². The topological polar surface area (TPSA) is 69.9 Å². The third kappa shape index (κ3) is 3.45. The first-order valence-electron chi connectivity index (χ1n) is 9.66. The molecular formula is C21H24N4O3. The largest absolute Gasteiger partial charge is 0.363 e. The molecule has 2 aliphatic rings. The summed E-state index contributed by atoms with van der Waals surface area (Å²) in [5, 5.41) is 11.7. The summed E-state index contributed by atoms with van der Waals surface area (Å²) in [5.41, 5.74) is 3.01. The van der Waals surface area contributed by atoms with Crippen molar-refractivity contribution < 1.29 is 9.72 Å². The van der Waals surface area contributed by atoms with Crippen LogP contribution in [0.5, 0.6) is 0 Å². The second-order valence-electron chi connectivity index (χ2n) is 7.44. The van der Waals surface area contributed by atoms with Gasteiger partial charge in [0.2, 0.25) is 0 Å². The number of carbonyl (C=O) groups is 1. The van der Waals surface area contributed by atoms with Crippen molar-refractivity contribution in [1.29, 1.82) is 0 Å². The van der Waals surface area contributed by atoms with E-state index in [2.05, 4.69) is 4.90 Å². The number of para-hydroxylation sites is 1. The summed E-state index contributed by atoms with van der Waals surface area (Å²) in [6, 6.07) is 12.8. The molecule has 28 heavy (non-hydrogen) atoms. The van der Waals surface area contributed by atoms with E-state index >= 15 is 0 Å². The van der Waals surface area contributed by atoms with Crippen molar-refractivity contribution in [2.75, 3.05) is 49.6 Å². The molecule has 0 aromatic heterocycles. The van der Waals surface area contributed by atoms with Gasteiger partial charge in [-0.1, -0.05) is 18.2 Å². The van der Waals surface area contributed by atoms with Crippen LogP contribution in [0.15, 0.2) is 42.5 Å². The highest BCUT2D eigenvalue weighted by molar-refractivity contribution is 6.07. The fourth-order valence-corrected chi connectivity index (χ4v) is 4.02. The number of hydrogen-bond donors (Lipinski definition) is 0. The molecule has 0 atom stereocenters. The second-order valence-corrected chi connectivity index (χ2v) is 7.44. The molecule has 0 unspecified atom stereocenters. The molecule has 0 bridgehead atoms. The van der Waals surface area contributed by atoms with Gasteiger partial charge >= 0.3 is 0 Å². The lowest BCUT2D eigenvalue weighted by molar-refractivity contribution is -0.384. The third-order valence-corrected chi connectivity index (χ3v) is 5.62. The van der Waals surface area contributed by atoms with Gasteiger partial charge in [0.15, 0.2) is 0 Å². The molecule has 0 radical (unpaired) electrons. The zero-order valence-electron chi connectivity index (χ0n) is 16.0. The third-order valence-electron chi connectivity index (χ3n) is 5.62. The molecule has 146 valence electrons. The summed E-state index contributed by atoms with van der Waals surface area (Å²) in [7, 11) is 2.05. The van der Waals surface area contributed by atoms with Gasteiger partial charge in [-0.05, 0) is 43.7 Å². The van der Waals surface area contributed by atoms with Crippen molar-refractivity contribution in [3.05, 3.63) is 63.7 Å². The van der Waals surface area contributed by atoms with E-state index < -0.39 is 0 Å². The van der Waals surface area contributed by atoms with E-state index in [9.17, 15) is 14.9 Å². The van der Waals surface area contributed by atoms with Crippen LogP contribution in [0.3, 0.4) is 0 Å². The highest BCUT2D eigenvalue weighted by atomic mass is 16.6. The minimum absolute atomic E-state index is 0.000646. The van der Waals surface area contributed by atoms with Gasteiger partial charge in [-0.2, -0.15) is 0 Å². The molecule has 4 rings (SSSR count). The Morgan fingerprint density at radius 2 is 1.75 bits per heavy atom. The van der Waals surface area contributed by atoms with Crippen LogP contribution in [-0.4, -0.2) is 55.5 Å². The van der Waals surface area contributed by atoms with Crippen LogP contribution in [0.4, 0.5) is 17.1 Å². The molecule has 2 aromatic carbocycles. The average molecular weight is 380 g/mol. The van der Waals surface area contributed by atoms with E-state index in [0.29, 0.717) is 17.8 Å². The lowest BCUT2D eigenvalue weighted by Gasteiger charge is -2.34. The summed E-state index contributed by atoms with van der Waals surface area (Å²) >= 11 is 0. The van der Waals surface area contributed by atoms with E-state index in [0.717, 1.165) is 50.3 Å². The van der Waals surface area contributed by atoms with Gasteiger partial charge in [-0.15, -0.1) is 0 Å². The van der Waals surface area contributed by atoms with Gasteiger partial charge in [0.05, 0.1) is 4.92 Å². The van der Waals surface area contributed by atoms with Gasteiger partial charge in [-0.3, -0.25) is 14.9 Å². The minimum Gasteiger partial charge on any atom is -0.363 e. The number of rotatable bonds is 3. The Balaban J connectivity index is 1.65. The zero-order valence-corrected chi connectivity index (χ0v) is 16.0. The first-order valence-corrected chi connectivity index (χ1v) is 9.66. The number of nitrogens with zero attached hydrogens (tertiary/aromatic N) is 4. The fraction of sp³-hybridized carbons (Fsp3) is 0.381. The quantitative estimate of drug-likeness (QED) is 0.605. The average Bonchev–Trinajstić information content (AvgIpc) is 2.73. The molecule has 0 saturated carbocycles. The van der Waals surface area contributed by atoms with E-state index in [1.807, 2.05) is 36.2 Å². The first-order chi connectivity index (χ1) is 13.5. The van der Waals surface area contributed by atoms with Crippen molar-refractivity contribution in [1.82, 2.24) is 4.90 Å². The molecule has 2 heterocycles. The van der Waals surface area contributed by atoms with Crippen LogP contribution >= 0.6 is 0 Å². The molecular weight excluding hydrogens is 356 g/mol.